The number of fused-ring (bicyclic) bond motifs is 2. The smallest absolute Gasteiger partial charge is 0.329 e. The Labute approximate surface area is 262 Å². The maximum atomic E-state index is 13.6. The molecule has 0 bridgehead atoms. The van der Waals surface area contributed by atoms with Crippen LogP contribution in [0.5, 0.6) is 0 Å². The first kappa shape index (κ1) is 29.3. The van der Waals surface area contributed by atoms with Crippen molar-refractivity contribution in [1.82, 2.24) is 28.7 Å². The van der Waals surface area contributed by atoms with Gasteiger partial charge < -0.3 is 14.9 Å². The Bertz CT molecular complexity index is 1760. The number of nitrogens with zero attached hydrogens (tertiary/aromatic N) is 6. The summed E-state index contributed by atoms with van der Waals surface area (Å²) in [6, 6.07) is 14.3. The third kappa shape index (κ3) is 5.61. The van der Waals surface area contributed by atoms with Crippen molar-refractivity contribution < 1.29 is 9.90 Å². The van der Waals surface area contributed by atoms with Crippen LogP contribution >= 0.6 is 11.6 Å². The lowest BCUT2D eigenvalue weighted by Crippen LogP contribution is -2.42. The zero-order valence-corrected chi connectivity index (χ0v) is 26.3. The quantitative estimate of drug-likeness (QED) is 0.312. The van der Waals surface area contributed by atoms with Crippen LogP contribution in [0.15, 0.2) is 47.3 Å². The Hall–Kier alpha value is -3.40. The molecule has 2 aromatic carbocycles. The van der Waals surface area contributed by atoms with Crippen LogP contribution in [-0.2, 0) is 30.8 Å². The van der Waals surface area contributed by atoms with Gasteiger partial charge in [-0.05, 0) is 68.4 Å². The predicted molar refractivity (Wildman–Crippen MR) is 172 cm³/mol. The van der Waals surface area contributed by atoms with Crippen LogP contribution in [0.2, 0.25) is 5.02 Å². The van der Waals surface area contributed by atoms with E-state index >= 15 is 0 Å². The molecule has 232 valence electrons. The Morgan fingerprint density at radius 2 is 1.80 bits per heavy atom. The summed E-state index contributed by atoms with van der Waals surface area (Å²) in [4.78, 5) is 30.0. The molecule has 4 heterocycles. The van der Waals surface area contributed by atoms with Gasteiger partial charge in [0.15, 0.2) is 0 Å². The molecule has 3 aliphatic rings. The van der Waals surface area contributed by atoms with Gasteiger partial charge in [-0.3, -0.25) is 18.6 Å². The maximum absolute atomic E-state index is 13.6. The maximum Gasteiger partial charge on any atom is 0.329 e. The summed E-state index contributed by atoms with van der Waals surface area (Å²) in [5.41, 5.74) is 7.14. The second kappa shape index (κ2) is 11.8. The molecule has 1 saturated carbocycles. The molecule has 2 aromatic heterocycles. The number of β-amino-alcohol motifs (C(OH)–C–C–N with tert-alkyl or cyclic N) is 1. The van der Waals surface area contributed by atoms with Crippen LogP contribution in [0.25, 0.3) is 22.3 Å². The van der Waals surface area contributed by atoms with Gasteiger partial charge in [-0.15, -0.1) is 0 Å². The van der Waals surface area contributed by atoms with Gasteiger partial charge in [-0.1, -0.05) is 29.8 Å². The van der Waals surface area contributed by atoms with E-state index in [2.05, 4.69) is 17.0 Å². The summed E-state index contributed by atoms with van der Waals surface area (Å²) in [6.07, 6.45) is 4.30. The molecule has 1 saturated heterocycles. The first-order chi connectivity index (χ1) is 21.3. The first-order valence-electron chi connectivity index (χ1n) is 16.0. The molecular formula is C34H41ClN6O3. The van der Waals surface area contributed by atoms with Crippen LogP contribution in [0.3, 0.4) is 0 Å². The van der Waals surface area contributed by atoms with E-state index in [1.807, 2.05) is 56.0 Å². The standard InChI is InChI=1S/C34H41ClN6O3/c1-22-17-25(9-10-29(22)35)33-28-21-38(23(2)42)16-13-30(28)40(36-33)20-27(43)19-37-14-11-26(12-15-37)41-32-6-4-3-5-31(32)39(34(41)44)18-24-7-8-24/h3-6,9-10,17,24,26-27,43H,7-8,11-16,18-21H2,1-2H3. The van der Waals surface area contributed by atoms with E-state index in [4.69, 9.17) is 16.7 Å². The number of benzene rings is 2. The lowest BCUT2D eigenvalue weighted by atomic mass is 9.99. The molecule has 2 aliphatic heterocycles. The number of hydrogen-bond donors (Lipinski definition) is 1. The zero-order valence-electron chi connectivity index (χ0n) is 25.6. The van der Waals surface area contributed by atoms with Crippen LogP contribution in [-0.4, -0.2) is 72.0 Å². The van der Waals surface area contributed by atoms with Crippen LogP contribution in [0.4, 0.5) is 0 Å². The molecule has 1 aliphatic carbocycles. The summed E-state index contributed by atoms with van der Waals surface area (Å²) < 4.78 is 5.98. The minimum absolute atomic E-state index is 0.0554. The molecule has 0 radical (unpaired) electrons. The van der Waals surface area contributed by atoms with Gasteiger partial charge >= 0.3 is 5.69 Å². The zero-order chi connectivity index (χ0) is 30.5. The van der Waals surface area contributed by atoms with Crippen molar-refractivity contribution in [2.45, 2.75) is 77.7 Å². The molecule has 7 rings (SSSR count). The molecule has 1 atom stereocenters. The normalized spacial score (nSPS) is 18.6. The molecule has 1 unspecified atom stereocenters. The average molecular weight is 617 g/mol. The fourth-order valence-corrected chi connectivity index (χ4v) is 7.29. The Morgan fingerprint density at radius 3 is 2.50 bits per heavy atom. The number of carbonyl (C=O) groups is 1. The number of hydrogen-bond acceptors (Lipinski definition) is 5. The van der Waals surface area contributed by atoms with Gasteiger partial charge in [0, 0.05) is 80.5 Å². The third-order valence-corrected chi connectivity index (χ3v) is 10.2. The Balaban J connectivity index is 1.05. The van der Waals surface area contributed by atoms with Gasteiger partial charge in [0.05, 0.1) is 29.4 Å². The van der Waals surface area contributed by atoms with Crippen LogP contribution in [0, 0.1) is 12.8 Å². The number of aliphatic hydroxyl groups is 1. The van der Waals surface area contributed by atoms with E-state index in [0.717, 1.165) is 71.6 Å². The number of aryl methyl sites for hydroxylation is 1. The molecule has 9 nitrogen and oxygen atoms in total. The highest BCUT2D eigenvalue weighted by Gasteiger charge is 2.30. The number of halogens is 1. The van der Waals surface area contributed by atoms with E-state index in [9.17, 15) is 14.7 Å². The number of aliphatic hydroxyl groups excluding tert-OH is 1. The summed E-state index contributed by atoms with van der Waals surface area (Å²) in [5, 5.41) is 17.0. The SMILES string of the molecule is CC(=O)N1CCc2c(c(-c3ccc(Cl)c(C)c3)nn2CC(O)CN2CCC(n3c(=O)n(CC4CC4)c4ccccc43)CC2)C1. The summed E-state index contributed by atoms with van der Waals surface area (Å²) in [7, 11) is 0. The Kier molecular flexibility index (Phi) is 7.89. The van der Waals surface area contributed by atoms with Gasteiger partial charge in [-0.25, -0.2) is 4.79 Å². The summed E-state index contributed by atoms with van der Waals surface area (Å²) in [6.45, 7) is 8.17. The highest BCUT2D eigenvalue weighted by Crippen LogP contribution is 2.34. The van der Waals surface area contributed by atoms with E-state index in [1.165, 1.54) is 12.8 Å². The number of para-hydroxylation sites is 2. The number of amides is 1. The van der Waals surface area contributed by atoms with Crippen molar-refractivity contribution in [3.8, 4) is 11.3 Å². The number of carbonyl (C=O) groups excluding carboxylic acids is 1. The average Bonchev–Trinajstić information content (AvgIpc) is 3.71. The number of piperidine rings is 1. The van der Waals surface area contributed by atoms with Crippen molar-refractivity contribution in [2.24, 2.45) is 5.92 Å². The second-order valence-electron chi connectivity index (χ2n) is 13.0. The molecular weight excluding hydrogens is 576 g/mol. The third-order valence-electron chi connectivity index (χ3n) is 9.79. The fourth-order valence-electron chi connectivity index (χ4n) is 7.17. The minimum Gasteiger partial charge on any atom is -0.390 e. The second-order valence-corrected chi connectivity index (χ2v) is 13.4. The fraction of sp³-hybridized carbons (Fsp3) is 0.500. The molecule has 10 heteroatoms. The lowest BCUT2D eigenvalue weighted by Gasteiger charge is -2.33. The molecule has 1 N–H and O–H groups in total. The van der Waals surface area contributed by atoms with Crippen molar-refractivity contribution in [2.75, 3.05) is 26.2 Å². The van der Waals surface area contributed by atoms with E-state index in [0.29, 0.717) is 43.5 Å². The largest absolute Gasteiger partial charge is 0.390 e. The highest BCUT2D eigenvalue weighted by molar-refractivity contribution is 6.31. The Morgan fingerprint density at radius 1 is 1.05 bits per heavy atom. The highest BCUT2D eigenvalue weighted by atomic mass is 35.5. The molecule has 1 amide bonds. The van der Waals surface area contributed by atoms with E-state index < -0.39 is 6.10 Å². The monoisotopic (exact) mass is 616 g/mol. The number of rotatable bonds is 8. The van der Waals surface area contributed by atoms with Crippen molar-refractivity contribution >= 4 is 28.5 Å². The molecule has 44 heavy (non-hydrogen) atoms. The molecule has 2 fully saturated rings. The van der Waals surface area contributed by atoms with E-state index in [1.54, 1.807) is 6.92 Å². The van der Waals surface area contributed by atoms with Gasteiger partial charge in [0.2, 0.25) is 5.91 Å². The van der Waals surface area contributed by atoms with Gasteiger partial charge in [-0.2, -0.15) is 5.10 Å². The number of imidazole rings is 1. The molecule has 4 aromatic rings. The first-order valence-corrected chi connectivity index (χ1v) is 16.4. The van der Waals surface area contributed by atoms with Gasteiger partial charge in [0.25, 0.3) is 0 Å². The topological polar surface area (TPSA) is 88.5 Å². The minimum atomic E-state index is -0.593. The predicted octanol–water partition coefficient (Wildman–Crippen LogP) is 4.64. The summed E-state index contributed by atoms with van der Waals surface area (Å²) >= 11 is 6.31. The molecule has 0 spiro atoms. The number of aromatic nitrogens is 4. The summed E-state index contributed by atoms with van der Waals surface area (Å²) in [5.74, 6) is 0.690. The van der Waals surface area contributed by atoms with Gasteiger partial charge in [0.1, 0.15) is 0 Å². The van der Waals surface area contributed by atoms with Crippen molar-refractivity contribution in [3.63, 3.8) is 0 Å². The van der Waals surface area contributed by atoms with Crippen LogP contribution < -0.4 is 5.69 Å². The number of likely N-dealkylation sites (tertiary alicyclic amines) is 1. The lowest BCUT2D eigenvalue weighted by molar-refractivity contribution is -0.129. The van der Waals surface area contributed by atoms with Crippen LogP contribution in [0.1, 0.15) is 55.5 Å². The van der Waals surface area contributed by atoms with Crippen molar-refractivity contribution in [3.05, 3.63) is 74.8 Å². The van der Waals surface area contributed by atoms with E-state index in [-0.39, 0.29) is 17.6 Å². The van der Waals surface area contributed by atoms with Crippen molar-refractivity contribution in [1.29, 1.82) is 0 Å².